The summed E-state index contributed by atoms with van der Waals surface area (Å²) in [7, 11) is 0. The molecule has 0 aliphatic carbocycles. The number of carbonyl (C=O) groups excluding carboxylic acids is 1. The maximum atomic E-state index is 13.5. The van der Waals surface area contributed by atoms with E-state index in [9.17, 15) is 13.6 Å². The van der Waals surface area contributed by atoms with Crippen molar-refractivity contribution in [1.82, 2.24) is 9.97 Å². The van der Waals surface area contributed by atoms with Crippen LogP contribution in [0.2, 0.25) is 0 Å². The number of aromatic nitrogens is 2. The number of rotatable bonds is 2. The molecule has 6 heteroatoms. The molecule has 1 heterocycles. The fourth-order valence-electron chi connectivity index (χ4n) is 1.91. The highest BCUT2D eigenvalue weighted by Crippen LogP contribution is 2.19. The van der Waals surface area contributed by atoms with Crippen LogP contribution in [0, 0.1) is 11.6 Å². The molecule has 21 heavy (non-hydrogen) atoms. The third-order valence-corrected chi connectivity index (χ3v) is 2.93. The minimum absolute atomic E-state index is 0.241. The van der Waals surface area contributed by atoms with Crippen molar-refractivity contribution in [2.45, 2.75) is 0 Å². The molecular weight excluding hydrogens is 276 g/mol. The molecule has 1 amide bonds. The van der Waals surface area contributed by atoms with Crippen molar-refractivity contribution in [3.8, 4) is 0 Å². The van der Waals surface area contributed by atoms with E-state index in [2.05, 4.69) is 15.3 Å². The largest absolute Gasteiger partial charge is 0.317 e. The first-order valence-electron chi connectivity index (χ1n) is 6.11. The Morgan fingerprint density at radius 1 is 0.952 bits per heavy atom. The summed E-state index contributed by atoms with van der Waals surface area (Å²) < 4.78 is 27.0. The summed E-state index contributed by atoms with van der Waals surface area (Å²) in [6.07, 6.45) is 3.04. The van der Waals surface area contributed by atoms with Crippen molar-refractivity contribution in [3.63, 3.8) is 0 Å². The number of halogens is 2. The predicted molar refractivity (Wildman–Crippen MR) is 73.8 cm³/mol. The van der Waals surface area contributed by atoms with Crippen molar-refractivity contribution in [2.24, 2.45) is 0 Å². The molecule has 0 saturated heterocycles. The topological polar surface area (TPSA) is 54.9 Å². The highest BCUT2D eigenvalue weighted by Gasteiger charge is 2.13. The van der Waals surface area contributed by atoms with Gasteiger partial charge >= 0.3 is 0 Å². The van der Waals surface area contributed by atoms with Crippen LogP contribution in [-0.4, -0.2) is 15.9 Å². The Morgan fingerprint density at radius 2 is 1.62 bits per heavy atom. The maximum Gasteiger partial charge on any atom is 0.255 e. The molecule has 0 bridgehead atoms. The van der Waals surface area contributed by atoms with E-state index in [1.54, 1.807) is 6.07 Å². The minimum atomic E-state index is -0.830. The summed E-state index contributed by atoms with van der Waals surface area (Å²) in [4.78, 5) is 20.2. The molecule has 0 fully saturated rings. The lowest BCUT2D eigenvalue weighted by molar-refractivity contribution is 0.102. The molecule has 2 aromatic carbocycles. The Labute approximate surface area is 118 Å². The Morgan fingerprint density at radius 3 is 2.33 bits per heavy atom. The van der Waals surface area contributed by atoms with E-state index < -0.39 is 23.2 Å². The fraction of sp³-hybridized carbons (Fsp3) is 0. The van der Waals surface area contributed by atoms with Gasteiger partial charge in [0.05, 0.1) is 11.0 Å². The van der Waals surface area contributed by atoms with Gasteiger partial charge in [-0.25, -0.2) is 8.78 Å². The first-order valence-corrected chi connectivity index (χ1v) is 6.11. The minimum Gasteiger partial charge on any atom is -0.317 e. The molecule has 0 unspecified atom stereocenters. The summed E-state index contributed by atoms with van der Waals surface area (Å²) in [5.41, 5.74) is 0.928. The van der Waals surface area contributed by atoms with E-state index in [1.165, 1.54) is 30.6 Å². The van der Waals surface area contributed by atoms with Gasteiger partial charge in [0, 0.05) is 18.0 Å². The Balaban J connectivity index is 1.94. The Bertz CT molecular complexity index is 816. The molecule has 0 saturated carbocycles. The molecule has 3 rings (SSSR count). The maximum absolute atomic E-state index is 13.5. The predicted octanol–water partition coefficient (Wildman–Crippen LogP) is 3.16. The number of amides is 1. The lowest BCUT2D eigenvalue weighted by Crippen LogP contribution is -2.14. The molecule has 0 spiro atoms. The summed E-state index contributed by atoms with van der Waals surface area (Å²) in [6, 6.07) is 8.03. The van der Waals surface area contributed by atoms with Crippen LogP contribution < -0.4 is 5.32 Å². The van der Waals surface area contributed by atoms with Crippen molar-refractivity contribution in [2.75, 3.05) is 5.32 Å². The van der Waals surface area contributed by atoms with Crippen molar-refractivity contribution >= 4 is 22.6 Å². The highest BCUT2D eigenvalue weighted by atomic mass is 19.1. The number of benzene rings is 2. The normalized spacial score (nSPS) is 10.6. The van der Waals surface area contributed by atoms with Crippen LogP contribution in [0.3, 0.4) is 0 Å². The van der Waals surface area contributed by atoms with E-state index in [4.69, 9.17) is 0 Å². The summed E-state index contributed by atoms with van der Waals surface area (Å²) >= 11 is 0. The Hall–Kier alpha value is -2.89. The van der Waals surface area contributed by atoms with E-state index in [0.29, 0.717) is 11.0 Å². The lowest BCUT2D eigenvalue weighted by atomic mass is 10.1. The van der Waals surface area contributed by atoms with Crippen molar-refractivity contribution in [3.05, 3.63) is 66.0 Å². The second-order valence-corrected chi connectivity index (χ2v) is 4.31. The number of carbonyl (C=O) groups is 1. The molecule has 0 atom stereocenters. The standard InChI is InChI=1S/C15H9F2N3O/c16-10-2-1-3-11(17)14(10)20-15(21)9-4-5-12-13(8-9)19-7-6-18-12/h1-8H,(H,20,21). The molecule has 1 N–H and O–H groups in total. The number of hydrogen-bond donors (Lipinski definition) is 1. The zero-order valence-electron chi connectivity index (χ0n) is 10.7. The lowest BCUT2D eigenvalue weighted by Gasteiger charge is -2.07. The zero-order valence-corrected chi connectivity index (χ0v) is 10.7. The summed E-state index contributed by atoms with van der Waals surface area (Å²) in [6.45, 7) is 0. The van der Waals surface area contributed by atoms with Gasteiger partial charge in [0.1, 0.15) is 17.3 Å². The van der Waals surface area contributed by atoms with E-state index in [-0.39, 0.29) is 5.56 Å². The van der Waals surface area contributed by atoms with Crippen LogP contribution in [0.4, 0.5) is 14.5 Å². The molecule has 1 aromatic heterocycles. The monoisotopic (exact) mass is 285 g/mol. The van der Waals surface area contributed by atoms with Gasteiger partial charge in [0.15, 0.2) is 0 Å². The van der Waals surface area contributed by atoms with Gasteiger partial charge < -0.3 is 5.32 Å². The van der Waals surface area contributed by atoms with Crippen LogP contribution in [0.25, 0.3) is 11.0 Å². The number of fused-ring (bicyclic) bond motifs is 1. The molecule has 3 aromatic rings. The van der Waals surface area contributed by atoms with Gasteiger partial charge in [-0.15, -0.1) is 0 Å². The third-order valence-electron chi connectivity index (χ3n) is 2.93. The third kappa shape index (κ3) is 2.55. The second-order valence-electron chi connectivity index (χ2n) is 4.31. The SMILES string of the molecule is O=C(Nc1c(F)cccc1F)c1ccc2nccnc2c1. The fourth-order valence-corrected chi connectivity index (χ4v) is 1.91. The number of nitrogens with one attached hydrogen (secondary N) is 1. The first-order chi connectivity index (χ1) is 10.1. The molecule has 4 nitrogen and oxygen atoms in total. The molecule has 0 aliphatic rings. The van der Waals surface area contributed by atoms with Gasteiger partial charge in [-0.2, -0.15) is 0 Å². The van der Waals surface area contributed by atoms with Crippen molar-refractivity contribution < 1.29 is 13.6 Å². The average Bonchev–Trinajstić information content (AvgIpc) is 2.50. The van der Waals surface area contributed by atoms with Gasteiger partial charge in [-0.1, -0.05) is 6.07 Å². The second kappa shape index (κ2) is 5.24. The quantitative estimate of drug-likeness (QED) is 0.787. The molecule has 0 radical (unpaired) electrons. The smallest absolute Gasteiger partial charge is 0.255 e. The zero-order chi connectivity index (χ0) is 14.8. The van der Waals surface area contributed by atoms with Gasteiger partial charge in [0.2, 0.25) is 0 Å². The van der Waals surface area contributed by atoms with Crippen molar-refractivity contribution in [1.29, 1.82) is 0 Å². The Kier molecular flexibility index (Phi) is 3.27. The number of anilines is 1. The highest BCUT2D eigenvalue weighted by molar-refractivity contribution is 6.05. The summed E-state index contributed by atoms with van der Waals surface area (Å²) in [5.74, 6) is -2.28. The van der Waals surface area contributed by atoms with Crippen LogP contribution in [-0.2, 0) is 0 Å². The van der Waals surface area contributed by atoms with Crippen LogP contribution >= 0.6 is 0 Å². The van der Waals surface area contributed by atoms with E-state index in [1.807, 2.05) is 0 Å². The molecule has 104 valence electrons. The van der Waals surface area contributed by atoms with Crippen LogP contribution in [0.5, 0.6) is 0 Å². The number of nitrogens with zero attached hydrogens (tertiary/aromatic N) is 2. The van der Waals surface area contributed by atoms with Crippen LogP contribution in [0.1, 0.15) is 10.4 Å². The van der Waals surface area contributed by atoms with Gasteiger partial charge in [-0.3, -0.25) is 14.8 Å². The summed E-state index contributed by atoms with van der Waals surface area (Å²) in [5, 5.41) is 2.22. The number of para-hydroxylation sites is 1. The average molecular weight is 285 g/mol. The number of hydrogen-bond acceptors (Lipinski definition) is 3. The molecular formula is C15H9F2N3O. The van der Waals surface area contributed by atoms with Gasteiger partial charge in [0.25, 0.3) is 5.91 Å². The van der Waals surface area contributed by atoms with E-state index >= 15 is 0 Å². The first kappa shape index (κ1) is 13.1. The molecule has 0 aliphatic heterocycles. The van der Waals surface area contributed by atoms with E-state index in [0.717, 1.165) is 12.1 Å². The van der Waals surface area contributed by atoms with Crippen LogP contribution in [0.15, 0.2) is 48.8 Å². The van der Waals surface area contributed by atoms with Gasteiger partial charge in [-0.05, 0) is 30.3 Å².